The lowest BCUT2D eigenvalue weighted by Gasteiger charge is -2.17. The Kier molecular flexibility index (Phi) is 5.41. The van der Waals surface area contributed by atoms with E-state index in [1.54, 1.807) is 12.0 Å². The van der Waals surface area contributed by atoms with Gasteiger partial charge < -0.3 is 15.0 Å². The van der Waals surface area contributed by atoms with Gasteiger partial charge >= 0.3 is 0 Å². The largest absolute Gasteiger partial charge is 0.497 e. The van der Waals surface area contributed by atoms with Gasteiger partial charge in [-0.2, -0.15) is 0 Å². The lowest BCUT2D eigenvalue weighted by Crippen LogP contribution is -2.33. The molecule has 0 unspecified atom stereocenters. The topological polar surface area (TPSA) is 58.6 Å². The lowest BCUT2D eigenvalue weighted by molar-refractivity contribution is -0.126. The van der Waals surface area contributed by atoms with E-state index >= 15 is 0 Å². The highest BCUT2D eigenvalue weighted by Crippen LogP contribution is 2.27. The molecular weight excluding hydrogens is 280 g/mol. The monoisotopic (exact) mass is 304 g/mol. The molecule has 2 rings (SSSR count). The smallest absolute Gasteiger partial charge is 0.227 e. The van der Waals surface area contributed by atoms with Crippen LogP contribution in [0.25, 0.3) is 0 Å². The van der Waals surface area contributed by atoms with E-state index in [0.717, 1.165) is 12.1 Å². The number of benzene rings is 1. The second kappa shape index (κ2) is 7.29. The molecule has 5 nitrogen and oxygen atoms in total. The lowest BCUT2D eigenvalue weighted by atomic mass is 10.1. The van der Waals surface area contributed by atoms with Crippen LogP contribution in [0, 0.1) is 11.8 Å². The number of methoxy groups -OCH3 is 1. The van der Waals surface area contributed by atoms with Crippen LogP contribution in [0.2, 0.25) is 0 Å². The van der Waals surface area contributed by atoms with Gasteiger partial charge in [-0.05, 0) is 24.5 Å². The first-order valence-corrected chi connectivity index (χ1v) is 7.73. The number of nitrogens with one attached hydrogen (secondary N) is 1. The Balaban J connectivity index is 1.96. The van der Waals surface area contributed by atoms with Gasteiger partial charge in [0, 0.05) is 31.3 Å². The molecule has 0 spiro atoms. The number of amides is 2. The number of anilines is 1. The number of hydrogen-bond donors (Lipinski definition) is 1. The van der Waals surface area contributed by atoms with E-state index in [1.165, 1.54) is 0 Å². The van der Waals surface area contributed by atoms with Gasteiger partial charge in [-0.3, -0.25) is 9.59 Å². The number of ether oxygens (including phenoxy) is 1. The molecule has 0 aliphatic carbocycles. The van der Waals surface area contributed by atoms with Crippen molar-refractivity contribution in [3.05, 3.63) is 24.3 Å². The molecular formula is C17H24N2O3. The zero-order valence-electron chi connectivity index (χ0n) is 13.5. The molecule has 5 heteroatoms. The first-order valence-electron chi connectivity index (χ1n) is 7.73. The van der Waals surface area contributed by atoms with Crippen LogP contribution in [-0.4, -0.2) is 32.0 Å². The minimum Gasteiger partial charge on any atom is -0.497 e. The van der Waals surface area contributed by atoms with Gasteiger partial charge in [0.1, 0.15) is 5.75 Å². The van der Waals surface area contributed by atoms with Gasteiger partial charge in [-0.1, -0.05) is 19.9 Å². The van der Waals surface area contributed by atoms with Gasteiger partial charge in [0.25, 0.3) is 0 Å². The SMILES string of the molecule is COc1cccc(N2C[C@@H](C(=O)NCCC(C)C)CC2=O)c1. The van der Waals surface area contributed by atoms with Crippen LogP contribution >= 0.6 is 0 Å². The van der Waals surface area contributed by atoms with Crippen LogP contribution in [0.15, 0.2) is 24.3 Å². The molecule has 0 aromatic heterocycles. The number of carbonyl (C=O) groups is 2. The van der Waals surface area contributed by atoms with Crippen molar-refractivity contribution in [1.82, 2.24) is 5.32 Å². The minimum atomic E-state index is -0.272. The summed E-state index contributed by atoms with van der Waals surface area (Å²) in [6.07, 6.45) is 1.22. The highest BCUT2D eigenvalue weighted by molar-refractivity contribution is 6.00. The minimum absolute atomic E-state index is 0.0164. The van der Waals surface area contributed by atoms with Crippen molar-refractivity contribution in [3.63, 3.8) is 0 Å². The highest BCUT2D eigenvalue weighted by Gasteiger charge is 2.35. The van der Waals surface area contributed by atoms with Crippen LogP contribution in [0.3, 0.4) is 0 Å². The molecule has 1 aromatic rings. The van der Waals surface area contributed by atoms with Crippen molar-refractivity contribution >= 4 is 17.5 Å². The summed E-state index contributed by atoms with van der Waals surface area (Å²) >= 11 is 0. The summed E-state index contributed by atoms with van der Waals surface area (Å²) < 4.78 is 5.18. The normalized spacial score (nSPS) is 17.9. The van der Waals surface area contributed by atoms with Crippen molar-refractivity contribution in [2.24, 2.45) is 11.8 Å². The predicted octanol–water partition coefficient (Wildman–Crippen LogP) is 2.21. The summed E-state index contributed by atoms with van der Waals surface area (Å²) in [5.41, 5.74) is 0.779. The molecule has 120 valence electrons. The maximum atomic E-state index is 12.2. The fourth-order valence-corrected chi connectivity index (χ4v) is 2.54. The Hall–Kier alpha value is -2.04. The van der Waals surface area contributed by atoms with Gasteiger partial charge in [0.05, 0.1) is 13.0 Å². The van der Waals surface area contributed by atoms with E-state index in [0.29, 0.717) is 24.8 Å². The van der Waals surface area contributed by atoms with E-state index in [2.05, 4.69) is 19.2 Å². The average Bonchev–Trinajstić information content (AvgIpc) is 2.89. The van der Waals surface area contributed by atoms with E-state index in [-0.39, 0.29) is 24.2 Å². The second-order valence-corrected chi connectivity index (χ2v) is 6.08. The van der Waals surface area contributed by atoms with Crippen molar-refractivity contribution in [3.8, 4) is 5.75 Å². The van der Waals surface area contributed by atoms with Gasteiger partial charge in [-0.15, -0.1) is 0 Å². The first kappa shape index (κ1) is 16.3. The molecule has 1 saturated heterocycles. The maximum absolute atomic E-state index is 12.2. The standard InChI is InChI=1S/C17H24N2O3/c1-12(2)7-8-18-17(21)13-9-16(20)19(11-13)14-5-4-6-15(10-14)22-3/h4-6,10,12-13H,7-9,11H2,1-3H3,(H,18,21)/t13-/m0/s1. The fraction of sp³-hybridized carbons (Fsp3) is 0.529. The summed E-state index contributed by atoms with van der Waals surface area (Å²) in [5, 5.41) is 2.93. The van der Waals surface area contributed by atoms with Crippen molar-refractivity contribution in [1.29, 1.82) is 0 Å². The highest BCUT2D eigenvalue weighted by atomic mass is 16.5. The number of rotatable bonds is 6. The summed E-state index contributed by atoms with van der Waals surface area (Å²) in [5.74, 6) is 0.941. The molecule has 1 aliphatic heterocycles. The summed E-state index contributed by atoms with van der Waals surface area (Å²) in [7, 11) is 1.59. The number of hydrogen-bond acceptors (Lipinski definition) is 3. The van der Waals surface area contributed by atoms with E-state index in [9.17, 15) is 9.59 Å². The third-order valence-electron chi connectivity index (χ3n) is 3.88. The Labute approximate surface area is 131 Å². The maximum Gasteiger partial charge on any atom is 0.227 e. The zero-order valence-corrected chi connectivity index (χ0v) is 13.5. The average molecular weight is 304 g/mol. The van der Waals surface area contributed by atoms with E-state index < -0.39 is 0 Å². The molecule has 0 bridgehead atoms. The molecule has 1 N–H and O–H groups in total. The first-order chi connectivity index (χ1) is 10.5. The molecule has 1 fully saturated rings. The zero-order chi connectivity index (χ0) is 16.1. The molecule has 0 radical (unpaired) electrons. The Morgan fingerprint density at radius 1 is 1.45 bits per heavy atom. The summed E-state index contributed by atoms with van der Waals surface area (Å²) in [6.45, 7) is 5.34. The molecule has 1 atom stereocenters. The van der Waals surface area contributed by atoms with Crippen LogP contribution in [-0.2, 0) is 9.59 Å². The molecule has 2 amide bonds. The third kappa shape index (κ3) is 4.00. The van der Waals surface area contributed by atoms with Crippen LogP contribution in [0.1, 0.15) is 26.7 Å². The molecule has 0 saturated carbocycles. The Bertz CT molecular complexity index is 542. The Morgan fingerprint density at radius 2 is 2.23 bits per heavy atom. The molecule has 22 heavy (non-hydrogen) atoms. The van der Waals surface area contributed by atoms with Crippen molar-refractivity contribution in [2.75, 3.05) is 25.1 Å². The van der Waals surface area contributed by atoms with Crippen LogP contribution in [0.4, 0.5) is 5.69 Å². The van der Waals surface area contributed by atoms with E-state index in [1.807, 2.05) is 24.3 Å². The summed E-state index contributed by atoms with van der Waals surface area (Å²) in [6, 6.07) is 7.36. The fourth-order valence-electron chi connectivity index (χ4n) is 2.54. The van der Waals surface area contributed by atoms with Gasteiger partial charge in [-0.25, -0.2) is 0 Å². The second-order valence-electron chi connectivity index (χ2n) is 6.08. The Morgan fingerprint density at radius 3 is 2.91 bits per heavy atom. The van der Waals surface area contributed by atoms with Gasteiger partial charge in [0.15, 0.2) is 0 Å². The molecule has 1 aliphatic rings. The number of nitrogens with zero attached hydrogens (tertiary/aromatic N) is 1. The summed E-state index contributed by atoms with van der Waals surface area (Å²) in [4.78, 5) is 26.0. The third-order valence-corrected chi connectivity index (χ3v) is 3.88. The molecule has 1 aromatic carbocycles. The number of carbonyl (C=O) groups excluding carboxylic acids is 2. The van der Waals surface area contributed by atoms with Crippen LogP contribution in [0.5, 0.6) is 5.75 Å². The molecule has 1 heterocycles. The van der Waals surface area contributed by atoms with Crippen molar-refractivity contribution in [2.45, 2.75) is 26.7 Å². The van der Waals surface area contributed by atoms with Crippen LogP contribution < -0.4 is 15.0 Å². The predicted molar refractivity (Wildman–Crippen MR) is 85.9 cm³/mol. The van der Waals surface area contributed by atoms with Gasteiger partial charge in [0.2, 0.25) is 11.8 Å². The van der Waals surface area contributed by atoms with Crippen molar-refractivity contribution < 1.29 is 14.3 Å². The van der Waals surface area contributed by atoms with E-state index in [4.69, 9.17) is 4.74 Å². The quantitative estimate of drug-likeness (QED) is 0.876.